The molecule has 2 rings (SSSR count). The molecule has 1 unspecified atom stereocenters. The summed E-state index contributed by atoms with van der Waals surface area (Å²) < 4.78 is 51.7. The zero-order chi connectivity index (χ0) is 14.9. The molecular formula is C13H10ClF4NO. The molecule has 0 aliphatic rings. The van der Waals surface area contributed by atoms with Gasteiger partial charge in [-0.25, -0.2) is 4.39 Å². The van der Waals surface area contributed by atoms with Crippen molar-refractivity contribution in [1.29, 1.82) is 0 Å². The summed E-state index contributed by atoms with van der Waals surface area (Å²) in [5.74, 6) is -0.591. The highest BCUT2D eigenvalue weighted by atomic mass is 35.5. The molecule has 0 fully saturated rings. The van der Waals surface area contributed by atoms with Crippen LogP contribution in [0.5, 0.6) is 0 Å². The molecule has 20 heavy (non-hydrogen) atoms. The Bertz CT molecular complexity index is 609. The molecule has 1 aromatic carbocycles. The Morgan fingerprint density at radius 2 is 1.95 bits per heavy atom. The van der Waals surface area contributed by atoms with E-state index in [1.807, 2.05) is 0 Å². The number of alkyl halides is 3. The van der Waals surface area contributed by atoms with Crippen LogP contribution in [0.2, 0.25) is 5.02 Å². The first kappa shape index (κ1) is 14.9. The molecule has 0 aliphatic heterocycles. The first-order valence-corrected chi connectivity index (χ1v) is 6.00. The summed E-state index contributed by atoms with van der Waals surface area (Å²) in [4.78, 5) is 0. The van der Waals surface area contributed by atoms with Crippen molar-refractivity contribution in [2.45, 2.75) is 18.8 Å². The predicted octanol–water partition coefficient (Wildman–Crippen LogP) is 3.92. The molecule has 1 heterocycles. The number of nitrogens with zero attached hydrogens (tertiary/aromatic N) is 1. The molecule has 1 atom stereocenters. The lowest BCUT2D eigenvalue weighted by Crippen LogP contribution is -2.19. The number of aliphatic hydroxyl groups is 1. The third kappa shape index (κ3) is 3.13. The van der Waals surface area contributed by atoms with Gasteiger partial charge >= 0.3 is 6.18 Å². The van der Waals surface area contributed by atoms with Crippen molar-refractivity contribution in [1.82, 2.24) is 4.57 Å². The summed E-state index contributed by atoms with van der Waals surface area (Å²) in [6, 6.07) is 5.39. The maximum absolute atomic E-state index is 13.2. The minimum absolute atomic E-state index is 0.0703. The summed E-state index contributed by atoms with van der Waals surface area (Å²) in [6.45, 7) is 0.112. The predicted molar refractivity (Wildman–Crippen MR) is 66.0 cm³/mol. The third-order valence-electron chi connectivity index (χ3n) is 2.78. The molecule has 0 amide bonds. The standard InChI is InChI=1S/C13H10ClF4NO/c14-11-8(2-1-3-10(11)15)6-19-5-4-9(7-19)12(20)13(16,17)18/h1-5,7,12,20H,6H2. The van der Waals surface area contributed by atoms with Gasteiger partial charge in [0.25, 0.3) is 0 Å². The van der Waals surface area contributed by atoms with Crippen LogP contribution in [0.1, 0.15) is 17.2 Å². The smallest absolute Gasteiger partial charge is 0.379 e. The second-order valence-electron chi connectivity index (χ2n) is 4.27. The summed E-state index contributed by atoms with van der Waals surface area (Å²) in [6.07, 6.45) is -4.74. The molecule has 2 nitrogen and oxygen atoms in total. The largest absolute Gasteiger partial charge is 0.418 e. The maximum Gasteiger partial charge on any atom is 0.418 e. The van der Waals surface area contributed by atoms with E-state index < -0.39 is 18.1 Å². The molecule has 7 heteroatoms. The van der Waals surface area contributed by atoms with E-state index in [9.17, 15) is 17.6 Å². The van der Waals surface area contributed by atoms with Gasteiger partial charge < -0.3 is 9.67 Å². The van der Waals surface area contributed by atoms with Gasteiger partial charge in [-0.1, -0.05) is 23.7 Å². The van der Waals surface area contributed by atoms with E-state index in [0.717, 1.165) is 12.3 Å². The number of halogens is 5. The van der Waals surface area contributed by atoms with Crippen LogP contribution in [-0.4, -0.2) is 15.8 Å². The molecule has 0 aliphatic carbocycles. The van der Waals surface area contributed by atoms with Crippen LogP contribution in [-0.2, 0) is 6.54 Å². The zero-order valence-corrected chi connectivity index (χ0v) is 10.8. The Balaban J connectivity index is 2.20. The second kappa shape index (κ2) is 5.46. The highest BCUT2D eigenvalue weighted by Gasteiger charge is 2.39. The van der Waals surface area contributed by atoms with Gasteiger partial charge in [-0.05, 0) is 17.7 Å². The van der Waals surface area contributed by atoms with Crippen LogP contribution >= 0.6 is 11.6 Å². The number of benzene rings is 1. The lowest BCUT2D eigenvalue weighted by Gasteiger charge is -2.12. The van der Waals surface area contributed by atoms with Gasteiger partial charge in [0.1, 0.15) is 5.82 Å². The van der Waals surface area contributed by atoms with Crippen molar-refractivity contribution < 1.29 is 22.7 Å². The molecule has 0 bridgehead atoms. The van der Waals surface area contributed by atoms with Crippen LogP contribution < -0.4 is 0 Å². The molecule has 108 valence electrons. The van der Waals surface area contributed by atoms with Crippen molar-refractivity contribution in [3.8, 4) is 0 Å². The van der Waals surface area contributed by atoms with Gasteiger partial charge in [0.2, 0.25) is 0 Å². The van der Waals surface area contributed by atoms with E-state index in [1.54, 1.807) is 6.07 Å². The summed E-state index contributed by atoms with van der Waals surface area (Å²) in [5.41, 5.74) is 0.167. The Hall–Kier alpha value is -1.53. The fourth-order valence-corrected chi connectivity index (χ4v) is 1.96. The average Bonchev–Trinajstić information content (AvgIpc) is 2.81. The van der Waals surface area contributed by atoms with Crippen LogP contribution in [0.4, 0.5) is 17.6 Å². The SMILES string of the molecule is OC(c1ccn(Cc2cccc(F)c2Cl)c1)C(F)(F)F. The van der Waals surface area contributed by atoms with E-state index in [4.69, 9.17) is 16.7 Å². The van der Waals surface area contributed by atoms with Gasteiger partial charge in [0, 0.05) is 24.5 Å². The minimum atomic E-state index is -4.72. The van der Waals surface area contributed by atoms with Gasteiger partial charge in [0.15, 0.2) is 6.10 Å². The first-order chi connectivity index (χ1) is 9.29. The van der Waals surface area contributed by atoms with E-state index >= 15 is 0 Å². The fraction of sp³-hybridized carbons (Fsp3) is 0.231. The molecule has 0 radical (unpaired) electrons. The summed E-state index contributed by atoms with van der Waals surface area (Å²) >= 11 is 5.77. The van der Waals surface area contributed by atoms with Gasteiger partial charge in [-0.2, -0.15) is 13.2 Å². The molecular weight excluding hydrogens is 298 g/mol. The minimum Gasteiger partial charge on any atom is -0.379 e. The second-order valence-corrected chi connectivity index (χ2v) is 4.65. The molecule has 0 saturated carbocycles. The number of hydrogen-bond donors (Lipinski definition) is 1. The number of hydrogen-bond acceptors (Lipinski definition) is 1. The highest BCUT2D eigenvalue weighted by Crippen LogP contribution is 2.32. The third-order valence-corrected chi connectivity index (χ3v) is 3.21. The van der Waals surface area contributed by atoms with Crippen molar-refractivity contribution in [3.05, 3.63) is 58.6 Å². The quantitative estimate of drug-likeness (QED) is 0.854. The summed E-state index contributed by atoms with van der Waals surface area (Å²) in [7, 11) is 0. The maximum atomic E-state index is 13.2. The monoisotopic (exact) mass is 307 g/mol. The van der Waals surface area contributed by atoms with Gasteiger partial charge in [-0.3, -0.25) is 0 Å². The lowest BCUT2D eigenvalue weighted by atomic mass is 10.2. The number of rotatable bonds is 3. The Morgan fingerprint density at radius 1 is 1.25 bits per heavy atom. The van der Waals surface area contributed by atoms with Crippen LogP contribution in [0.25, 0.3) is 0 Å². The van der Waals surface area contributed by atoms with Crippen LogP contribution in [0.3, 0.4) is 0 Å². The topological polar surface area (TPSA) is 25.2 Å². The molecule has 0 spiro atoms. The van der Waals surface area contributed by atoms with Crippen molar-refractivity contribution in [3.63, 3.8) is 0 Å². The Labute approximate surface area is 117 Å². The van der Waals surface area contributed by atoms with Gasteiger partial charge in [0.05, 0.1) is 5.02 Å². The van der Waals surface area contributed by atoms with Crippen LogP contribution in [0.15, 0.2) is 36.7 Å². The number of aliphatic hydroxyl groups excluding tert-OH is 1. The van der Waals surface area contributed by atoms with E-state index in [2.05, 4.69) is 0 Å². The van der Waals surface area contributed by atoms with E-state index in [-0.39, 0.29) is 17.1 Å². The average molecular weight is 308 g/mol. The van der Waals surface area contributed by atoms with Crippen molar-refractivity contribution in [2.75, 3.05) is 0 Å². The Morgan fingerprint density at radius 3 is 2.60 bits per heavy atom. The van der Waals surface area contributed by atoms with Crippen molar-refractivity contribution in [2.24, 2.45) is 0 Å². The normalized spacial score (nSPS) is 13.5. The fourth-order valence-electron chi connectivity index (χ4n) is 1.78. The Kier molecular flexibility index (Phi) is 4.06. The molecule has 0 saturated heterocycles. The van der Waals surface area contributed by atoms with Crippen LogP contribution in [0, 0.1) is 5.82 Å². The molecule has 1 N–H and O–H groups in total. The molecule has 2 aromatic rings. The van der Waals surface area contributed by atoms with E-state index in [0.29, 0.717) is 5.56 Å². The first-order valence-electron chi connectivity index (χ1n) is 5.62. The zero-order valence-electron chi connectivity index (χ0n) is 10.0. The van der Waals surface area contributed by atoms with Crippen molar-refractivity contribution >= 4 is 11.6 Å². The lowest BCUT2D eigenvalue weighted by molar-refractivity contribution is -0.206. The number of aromatic nitrogens is 1. The summed E-state index contributed by atoms with van der Waals surface area (Å²) in [5, 5.41) is 9.04. The van der Waals surface area contributed by atoms with Gasteiger partial charge in [-0.15, -0.1) is 0 Å². The highest BCUT2D eigenvalue weighted by molar-refractivity contribution is 6.31. The van der Waals surface area contributed by atoms with E-state index in [1.165, 1.54) is 22.9 Å². The molecule has 1 aromatic heterocycles.